The largest absolute Gasteiger partial charge is 0.410 e. The predicted molar refractivity (Wildman–Crippen MR) is 79.1 cm³/mol. The van der Waals surface area contributed by atoms with Crippen LogP contribution in [0.5, 0.6) is 0 Å². The van der Waals surface area contributed by atoms with Gasteiger partial charge >= 0.3 is 0 Å². The molecule has 1 aromatic carbocycles. The molecular formula is C16H16N2O2. The summed E-state index contributed by atoms with van der Waals surface area (Å²) in [6.07, 6.45) is 3.71. The van der Waals surface area contributed by atoms with Gasteiger partial charge < -0.3 is 16.0 Å². The first-order valence-corrected chi connectivity index (χ1v) is 6.54. The third kappa shape index (κ3) is 1.85. The van der Waals surface area contributed by atoms with Crippen LogP contribution in [0.25, 0.3) is 11.6 Å². The Morgan fingerprint density at radius 1 is 1.20 bits per heavy atom. The number of aliphatic hydroxyl groups is 1. The van der Waals surface area contributed by atoms with Crippen molar-refractivity contribution in [1.29, 1.82) is 0 Å². The molecule has 2 aliphatic rings. The minimum atomic E-state index is -0.542. The maximum atomic E-state index is 9.58. The highest BCUT2D eigenvalue weighted by molar-refractivity contribution is 6.28. The third-order valence-corrected chi connectivity index (χ3v) is 3.63. The van der Waals surface area contributed by atoms with Gasteiger partial charge in [-0.25, -0.2) is 0 Å². The van der Waals surface area contributed by atoms with Gasteiger partial charge in [0.15, 0.2) is 0 Å². The maximum Gasteiger partial charge on any atom is 0.115 e. The van der Waals surface area contributed by atoms with Crippen LogP contribution in [0.3, 0.4) is 0 Å². The number of nitrogens with two attached hydrogens (primary N) is 1. The predicted octanol–water partition coefficient (Wildman–Crippen LogP) is 2.29. The molecule has 0 aromatic heterocycles. The first kappa shape index (κ1) is 12.7. The highest BCUT2D eigenvalue weighted by Crippen LogP contribution is 2.41. The average molecular weight is 268 g/mol. The minimum absolute atomic E-state index is 0.364. The van der Waals surface area contributed by atoms with Gasteiger partial charge in [-0.1, -0.05) is 29.4 Å². The molecule has 0 radical (unpaired) electrons. The quantitative estimate of drug-likeness (QED) is 0.569. The minimum Gasteiger partial charge on any atom is -0.410 e. The second-order valence-electron chi connectivity index (χ2n) is 5.14. The number of oxime groups is 1. The topological polar surface area (TPSA) is 78.8 Å². The lowest BCUT2D eigenvalue weighted by Gasteiger charge is -2.20. The molecule has 0 amide bonds. The zero-order valence-corrected chi connectivity index (χ0v) is 11.2. The van der Waals surface area contributed by atoms with Gasteiger partial charge in [0.05, 0.1) is 6.10 Å². The molecule has 2 aliphatic carbocycles. The molecule has 0 bridgehead atoms. The average Bonchev–Trinajstić information content (AvgIpc) is 2.77. The van der Waals surface area contributed by atoms with Crippen LogP contribution in [0.2, 0.25) is 0 Å². The second-order valence-corrected chi connectivity index (χ2v) is 5.14. The molecule has 102 valence electrons. The molecular weight excluding hydrogens is 252 g/mol. The molecule has 4 nitrogen and oxygen atoms in total. The van der Waals surface area contributed by atoms with Crippen LogP contribution in [0, 0.1) is 0 Å². The number of benzene rings is 1. The van der Waals surface area contributed by atoms with Crippen LogP contribution in [0.15, 0.2) is 52.3 Å². The Balaban J connectivity index is 2.16. The number of aliphatic hydroxyl groups excluding tert-OH is 1. The second kappa shape index (κ2) is 4.65. The van der Waals surface area contributed by atoms with Gasteiger partial charge in [-0.15, -0.1) is 0 Å². The van der Waals surface area contributed by atoms with E-state index in [1.165, 1.54) is 0 Å². The van der Waals surface area contributed by atoms with Gasteiger partial charge in [-0.2, -0.15) is 0 Å². The van der Waals surface area contributed by atoms with Gasteiger partial charge in [0.1, 0.15) is 5.71 Å². The number of allylic oxidation sites excluding steroid dienone is 3. The van der Waals surface area contributed by atoms with Gasteiger partial charge in [-0.05, 0) is 35.8 Å². The van der Waals surface area contributed by atoms with Crippen molar-refractivity contribution in [3.8, 4) is 0 Å². The third-order valence-electron chi connectivity index (χ3n) is 3.63. The normalized spacial score (nSPS) is 20.4. The van der Waals surface area contributed by atoms with E-state index in [9.17, 15) is 10.3 Å². The Kier molecular flexibility index (Phi) is 2.95. The van der Waals surface area contributed by atoms with Crippen LogP contribution in [0.1, 0.15) is 24.5 Å². The van der Waals surface area contributed by atoms with Crippen LogP contribution < -0.4 is 5.73 Å². The van der Waals surface area contributed by atoms with Crippen molar-refractivity contribution < 1.29 is 10.3 Å². The molecule has 1 aromatic rings. The summed E-state index contributed by atoms with van der Waals surface area (Å²) in [5.74, 6) is 0. The summed E-state index contributed by atoms with van der Waals surface area (Å²) < 4.78 is 0. The van der Waals surface area contributed by atoms with E-state index in [-0.39, 0.29) is 0 Å². The Labute approximate surface area is 117 Å². The van der Waals surface area contributed by atoms with Crippen molar-refractivity contribution in [3.05, 3.63) is 58.3 Å². The summed E-state index contributed by atoms with van der Waals surface area (Å²) in [6.45, 7) is 1.69. The Bertz CT molecular complexity index is 694. The Hall–Kier alpha value is -2.33. The highest BCUT2D eigenvalue weighted by Gasteiger charge is 2.30. The van der Waals surface area contributed by atoms with Crippen molar-refractivity contribution >= 4 is 17.4 Å². The summed E-state index contributed by atoms with van der Waals surface area (Å²) in [5.41, 5.74) is 11.8. The van der Waals surface area contributed by atoms with Crippen LogP contribution in [-0.4, -0.2) is 22.1 Å². The molecule has 1 unspecified atom stereocenters. The molecule has 1 atom stereocenters. The van der Waals surface area contributed by atoms with Crippen molar-refractivity contribution in [1.82, 2.24) is 0 Å². The first-order valence-electron chi connectivity index (χ1n) is 6.54. The smallest absolute Gasteiger partial charge is 0.115 e. The van der Waals surface area contributed by atoms with E-state index in [2.05, 4.69) is 5.16 Å². The lowest BCUT2D eigenvalue weighted by Crippen LogP contribution is -2.20. The Morgan fingerprint density at radius 3 is 2.65 bits per heavy atom. The first-order chi connectivity index (χ1) is 9.61. The van der Waals surface area contributed by atoms with E-state index in [4.69, 9.17) is 5.73 Å². The zero-order chi connectivity index (χ0) is 14.3. The summed E-state index contributed by atoms with van der Waals surface area (Å²) in [7, 11) is 0. The summed E-state index contributed by atoms with van der Waals surface area (Å²) >= 11 is 0. The fourth-order valence-corrected chi connectivity index (χ4v) is 2.76. The molecule has 0 saturated carbocycles. The number of fused-ring (bicyclic) bond motifs is 3. The molecule has 4 N–H and O–H groups in total. The molecule has 0 saturated heterocycles. The lowest BCUT2D eigenvalue weighted by atomic mass is 9.86. The van der Waals surface area contributed by atoms with Crippen molar-refractivity contribution in [2.24, 2.45) is 10.9 Å². The molecule has 4 heteroatoms. The number of hydrogen-bond donors (Lipinski definition) is 3. The van der Waals surface area contributed by atoms with E-state index in [0.29, 0.717) is 23.4 Å². The van der Waals surface area contributed by atoms with Gasteiger partial charge in [0.2, 0.25) is 0 Å². The fraction of sp³-hybridized carbons (Fsp3) is 0.188. The van der Waals surface area contributed by atoms with E-state index >= 15 is 0 Å². The van der Waals surface area contributed by atoms with Crippen LogP contribution >= 0.6 is 0 Å². The number of rotatable bonds is 2. The van der Waals surface area contributed by atoms with E-state index in [0.717, 1.165) is 22.3 Å². The molecule has 3 rings (SSSR count). The molecule has 0 aliphatic heterocycles. The Morgan fingerprint density at radius 2 is 1.95 bits per heavy atom. The number of nitrogens with zero attached hydrogens (tertiary/aromatic N) is 1. The van der Waals surface area contributed by atoms with Crippen LogP contribution in [0.4, 0.5) is 0 Å². The van der Waals surface area contributed by atoms with Crippen molar-refractivity contribution in [3.63, 3.8) is 0 Å². The van der Waals surface area contributed by atoms with E-state index in [1.807, 2.05) is 36.4 Å². The van der Waals surface area contributed by atoms with Gasteiger partial charge in [0, 0.05) is 23.3 Å². The molecule has 20 heavy (non-hydrogen) atoms. The van der Waals surface area contributed by atoms with Gasteiger partial charge in [0.25, 0.3) is 0 Å². The fourth-order valence-electron chi connectivity index (χ4n) is 2.76. The van der Waals surface area contributed by atoms with Crippen molar-refractivity contribution in [2.75, 3.05) is 0 Å². The zero-order valence-electron chi connectivity index (χ0n) is 11.2. The standard InChI is InChI=1S/C16H16N2O2/c1-9(19)6-14-15(17)8-12-11-5-3-2-4-10(11)7-13(12)16(14)18-20/h2-5,7-9,19-20H,6,17H2,1H3. The lowest BCUT2D eigenvalue weighted by molar-refractivity contribution is 0.196. The molecule has 0 heterocycles. The maximum absolute atomic E-state index is 9.58. The summed E-state index contributed by atoms with van der Waals surface area (Å²) in [4.78, 5) is 0. The van der Waals surface area contributed by atoms with Crippen molar-refractivity contribution in [2.45, 2.75) is 19.4 Å². The highest BCUT2D eigenvalue weighted by atomic mass is 16.4. The molecule has 0 fully saturated rings. The monoisotopic (exact) mass is 268 g/mol. The summed E-state index contributed by atoms with van der Waals surface area (Å²) in [6, 6.07) is 7.97. The van der Waals surface area contributed by atoms with E-state index < -0.39 is 6.10 Å². The van der Waals surface area contributed by atoms with Crippen LogP contribution in [-0.2, 0) is 0 Å². The molecule has 0 spiro atoms. The summed E-state index contributed by atoms with van der Waals surface area (Å²) in [5, 5.41) is 22.4. The van der Waals surface area contributed by atoms with Gasteiger partial charge in [-0.3, -0.25) is 0 Å². The van der Waals surface area contributed by atoms with E-state index in [1.54, 1.807) is 6.92 Å². The SMILES string of the molecule is CC(O)CC1=C(N)C=C2C(=Cc3ccccc32)C1=NO. The number of hydrogen-bond acceptors (Lipinski definition) is 4.